The average Bonchev–Trinajstić information content (AvgIpc) is 2.73. The number of nitrogens with one attached hydrogen (secondary N) is 1. The van der Waals surface area contributed by atoms with Gasteiger partial charge in [-0.1, -0.05) is 24.3 Å². The molecule has 3 aromatic carbocycles. The van der Waals surface area contributed by atoms with Gasteiger partial charge in [-0.05, 0) is 78.4 Å². The van der Waals surface area contributed by atoms with Gasteiger partial charge in [0.2, 0.25) is 0 Å². The SMILES string of the molecule is Cc1cc(C(=O)Nc2ccc(-c3ccccc3C(F)(F)F)c(CCCO)c2)ccc1S. The molecule has 0 aliphatic rings. The van der Waals surface area contributed by atoms with Crippen molar-refractivity contribution in [1.82, 2.24) is 0 Å². The third kappa shape index (κ3) is 5.48. The molecule has 3 nitrogen and oxygen atoms in total. The topological polar surface area (TPSA) is 49.3 Å². The van der Waals surface area contributed by atoms with E-state index in [-0.39, 0.29) is 18.1 Å². The van der Waals surface area contributed by atoms with Crippen molar-refractivity contribution in [3.05, 3.63) is 82.9 Å². The highest BCUT2D eigenvalue weighted by molar-refractivity contribution is 7.80. The fourth-order valence-electron chi connectivity index (χ4n) is 3.38. The highest BCUT2D eigenvalue weighted by Crippen LogP contribution is 2.39. The molecular weight excluding hydrogens is 423 g/mol. The van der Waals surface area contributed by atoms with E-state index in [0.717, 1.165) is 16.5 Å². The predicted octanol–water partition coefficient (Wildman–Crippen LogP) is 6.15. The Balaban J connectivity index is 1.97. The normalized spacial score (nSPS) is 11.4. The van der Waals surface area contributed by atoms with E-state index in [1.807, 2.05) is 6.92 Å². The molecule has 0 unspecified atom stereocenters. The van der Waals surface area contributed by atoms with Crippen molar-refractivity contribution in [3.8, 4) is 11.1 Å². The van der Waals surface area contributed by atoms with Crippen molar-refractivity contribution < 1.29 is 23.1 Å². The van der Waals surface area contributed by atoms with Crippen LogP contribution in [0.5, 0.6) is 0 Å². The van der Waals surface area contributed by atoms with Gasteiger partial charge in [0.15, 0.2) is 0 Å². The standard InChI is InChI=1S/C24H22F3NO2S/c1-15-13-17(8-11-22(15)31)23(30)28-18-9-10-19(16(14-18)5-4-12-29)20-6-2-3-7-21(20)24(25,26)27/h2-3,6-11,13-14,29,31H,4-5,12H2,1H3,(H,28,30). The van der Waals surface area contributed by atoms with E-state index in [2.05, 4.69) is 17.9 Å². The van der Waals surface area contributed by atoms with Crippen LogP contribution >= 0.6 is 12.6 Å². The van der Waals surface area contributed by atoms with E-state index >= 15 is 0 Å². The molecule has 0 bridgehead atoms. The Morgan fingerprint density at radius 1 is 1.03 bits per heavy atom. The van der Waals surface area contributed by atoms with Crippen molar-refractivity contribution in [1.29, 1.82) is 0 Å². The van der Waals surface area contributed by atoms with Gasteiger partial charge in [0, 0.05) is 22.8 Å². The van der Waals surface area contributed by atoms with Gasteiger partial charge in [0.05, 0.1) is 5.56 Å². The lowest BCUT2D eigenvalue weighted by atomic mass is 9.92. The molecule has 2 N–H and O–H groups in total. The molecule has 31 heavy (non-hydrogen) atoms. The molecule has 0 spiro atoms. The number of hydrogen-bond donors (Lipinski definition) is 3. The monoisotopic (exact) mass is 445 g/mol. The molecule has 0 fully saturated rings. The van der Waals surface area contributed by atoms with Gasteiger partial charge in [-0.15, -0.1) is 12.6 Å². The van der Waals surface area contributed by atoms with Crippen LogP contribution in [-0.2, 0) is 12.6 Å². The molecule has 0 heterocycles. The molecule has 0 saturated carbocycles. The largest absolute Gasteiger partial charge is 0.417 e. The third-order valence-corrected chi connectivity index (χ3v) is 5.45. The van der Waals surface area contributed by atoms with Gasteiger partial charge in [0.1, 0.15) is 0 Å². The second-order valence-corrected chi connectivity index (χ2v) is 7.68. The summed E-state index contributed by atoms with van der Waals surface area (Å²) in [5, 5.41) is 12.0. The summed E-state index contributed by atoms with van der Waals surface area (Å²) >= 11 is 4.30. The molecule has 0 radical (unpaired) electrons. The van der Waals surface area contributed by atoms with Gasteiger partial charge < -0.3 is 10.4 Å². The van der Waals surface area contributed by atoms with Crippen LogP contribution < -0.4 is 5.32 Å². The van der Waals surface area contributed by atoms with Crippen LogP contribution in [0.25, 0.3) is 11.1 Å². The lowest BCUT2D eigenvalue weighted by molar-refractivity contribution is -0.137. The summed E-state index contributed by atoms with van der Waals surface area (Å²) < 4.78 is 40.5. The number of amides is 1. The Kier molecular flexibility index (Phi) is 7.08. The maximum absolute atomic E-state index is 13.5. The number of aryl methyl sites for hydroxylation is 2. The summed E-state index contributed by atoms with van der Waals surface area (Å²) in [4.78, 5) is 13.4. The molecule has 0 aromatic heterocycles. The molecular formula is C24H22F3NO2S. The first-order valence-corrected chi connectivity index (χ1v) is 10.2. The van der Waals surface area contributed by atoms with Crippen LogP contribution in [-0.4, -0.2) is 17.6 Å². The van der Waals surface area contributed by atoms with Crippen LogP contribution in [0, 0.1) is 6.92 Å². The van der Waals surface area contributed by atoms with Crippen molar-refractivity contribution >= 4 is 24.2 Å². The second kappa shape index (κ2) is 9.58. The number of alkyl halides is 3. The van der Waals surface area contributed by atoms with Crippen molar-refractivity contribution in [2.75, 3.05) is 11.9 Å². The summed E-state index contributed by atoms with van der Waals surface area (Å²) in [7, 11) is 0. The second-order valence-electron chi connectivity index (χ2n) is 7.20. The highest BCUT2D eigenvalue weighted by atomic mass is 32.1. The van der Waals surface area contributed by atoms with Gasteiger partial charge >= 0.3 is 6.18 Å². The van der Waals surface area contributed by atoms with Gasteiger partial charge in [-0.25, -0.2) is 0 Å². The maximum atomic E-state index is 13.5. The van der Waals surface area contributed by atoms with Crippen LogP contribution in [0.3, 0.4) is 0 Å². The van der Waals surface area contributed by atoms with Crippen LogP contribution in [0.1, 0.15) is 33.5 Å². The minimum Gasteiger partial charge on any atom is -0.396 e. The van der Waals surface area contributed by atoms with Crippen LogP contribution in [0.15, 0.2) is 65.6 Å². The smallest absolute Gasteiger partial charge is 0.396 e. The number of benzene rings is 3. The summed E-state index contributed by atoms with van der Waals surface area (Å²) in [5.41, 5.74) is 2.18. The summed E-state index contributed by atoms with van der Waals surface area (Å²) in [6.45, 7) is 1.76. The lowest BCUT2D eigenvalue weighted by Crippen LogP contribution is -2.13. The Bertz CT molecular complexity index is 1100. The maximum Gasteiger partial charge on any atom is 0.417 e. The number of aliphatic hydroxyl groups excluding tert-OH is 1. The zero-order valence-corrected chi connectivity index (χ0v) is 17.7. The Hall–Kier alpha value is -2.77. The summed E-state index contributed by atoms with van der Waals surface area (Å²) in [5.74, 6) is -0.326. The van der Waals surface area contributed by atoms with E-state index in [9.17, 15) is 23.1 Å². The zero-order chi connectivity index (χ0) is 22.6. The van der Waals surface area contributed by atoms with Crippen LogP contribution in [0.4, 0.5) is 18.9 Å². The lowest BCUT2D eigenvalue weighted by Gasteiger charge is -2.17. The van der Waals surface area contributed by atoms with E-state index < -0.39 is 11.7 Å². The Morgan fingerprint density at radius 2 is 1.77 bits per heavy atom. The number of aliphatic hydroxyl groups is 1. The number of thiol groups is 1. The van der Waals surface area contributed by atoms with Gasteiger partial charge in [0.25, 0.3) is 5.91 Å². The first-order chi connectivity index (χ1) is 14.7. The predicted molar refractivity (Wildman–Crippen MR) is 119 cm³/mol. The van der Waals surface area contributed by atoms with E-state index in [1.54, 1.807) is 42.5 Å². The molecule has 3 rings (SSSR count). The van der Waals surface area contributed by atoms with Crippen molar-refractivity contribution in [3.63, 3.8) is 0 Å². The van der Waals surface area contributed by atoms with Crippen molar-refractivity contribution in [2.45, 2.75) is 30.8 Å². The van der Waals surface area contributed by atoms with Gasteiger partial charge in [-0.3, -0.25) is 4.79 Å². The minimum absolute atomic E-state index is 0.0702. The summed E-state index contributed by atoms with van der Waals surface area (Å²) in [6.07, 6.45) is -3.73. The molecule has 0 saturated heterocycles. The third-order valence-electron chi connectivity index (χ3n) is 4.95. The number of hydrogen-bond acceptors (Lipinski definition) is 3. The number of anilines is 1. The molecule has 3 aromatic rings. The van der Waals surface area contributed by atoms with Crippen molar-refractivity contribution in [2.24, 2.45) is 0 Å². The average molecular weight is 446 g/mol. The van der Waals surface area contributed by atoms with E-state index in [1.165, 1.54) is 12.1 Å². The number of rotatable bonds is 6. The first-order valence-electron chi connectivity index (χ1n) is 9.72. The fourth-order valence-corrected chi connectivity index (χ4v) is 3.51. The molecule has 1 amide bonds. The first kappa shape index (κ1) is 22.9. The Morgan fingerprint density at radius 3 is 2.45 bits per heavy atom. The quantitative estimate of drug-likeness (QED) is 0.399. The molecule has 162 valence electrons. The molecule has 0 atom stereocenters. The Labute approximate surface area is 184 Å². The molecule has 7 heteroatoms. The van der Waals surface area contributed by atoms with Crippen LogP contribution in [0.2, 0.25) is 0 Å². The summed E-state index contributed by atoms with van der Waals surface area (Å²) in [6, 6.07) is 15.3. The number of carbonyl (C=O) groups is 1. The fraction of sp³-hybridized carbons (Fsp3) is 0.208. The molecule has 0 aliphatic heterocycles. The van der Waals surface area contributed by atoms with E-state index in [4.69, 9.17) is 0 Å². The van der Waals surface area contributed by atoms with Gasteiger partial charge in [-0.2, -0.15) is 13.2 Å². The number of halogens is 3. The van der Waals surface area contributed by atoms with E-state index in [0.29, 0.717) is 35.2 Å². The zero-order valence-electron chi connectivity index (χ0n) is 16.8. The number of carbonyl (C=O) groups excluding carboxylic acids is 1. The minimum atomic E-state index is -4.49. The highest BCUT2D eigenvalue weighted by Gasteiger charge is 2.33. The molecule has 0 aliphatic carbocycles.